The van der Waals surface area contributed by atoms with E-state index in [1.165, 1.54) is 16.7 Å². The largest absolute Gasteiger partial charge is 0.490 e. The molecule has 0 atom stereocenters. The highest BCUT2D eigenvalue weighted by molar-refractivity contribution is 8.27. The van der Waals surface area contributed by atoms with E-state index in [1.807, 2.05) is 17.9 Å². The first-order valence-corrected chi connectivity index (χ1v) is 12.3. The van der Waals surface area contributed by atoms with Gasteiger partial charge in [-0.3, -0.25) is 14.5 Å². The minimum Gasteiger partial charge on any atom is -0.490 e. The molecule has 2 aromatic carbocycles. The Labute approximate surface area is 207 Å². The summed E-state index contributed by atoms with van der Waals surface area (Å²) in [4.78, 5) is 29.1. The van der Waals surface area contributed by atoms with Crippen LogP contribution in [0.25, 0.3) is 6.08 Å². The first kappa shape index (κ1) is 23.6. The van der Waals surface area contributed by atoms with Crippen LogP contribution in [0.15, 0.2) is 47.4 Å². The number of nitrogens with zero attached hydrogens (tertiary/aromatic N) is 2. The molecule has 33 heavy (non-hydrogen) atoms. The predicted octanol–water partition coefficient (Wildman–Crippen LogP) is 5.15. The molecule has 2 aromatic rings. The van der Waals surface area contributed by atoms with Crippen LogP contribution in [0, 0.1) is 0 Å². The molecule has 172 valence electrons. The summed E-state index contributed by atoms with van der Waals surface area (Å²) >= 11 is 12.6. The number of rotatable bonds is 7. The number of hydrogen-bond acceptors (Lipinski definition) is 6. The maximum atomic E-state index is 13.0. The van der Waals surface area contributed by atoms with Crippen molar-refractivity contribution in [2.45, 2.75) is 19.8 Å². The van der Waals surface area contributed by atoms with Crippen molar-refractivity contribution in [3.63, 3.8) is 0 Å². The molecule has 2 heterocycles. The van der Waals surface area contributed by atoms with Crippen molar-refractivity contribution in [1.29, 1.82) is 0 Å². The van der Waals surface area contributed by atoms with E-state index >= 15 is 0 Å². The van der Waals surface area contributed by atoms with Crippen LogP contribution in [0.3, 0.4) is 0 Å². The van der Waals surface area contributed by atoms with Crippen LogP contribution in [-0.2, 0) is 9.59 Å². The fourth-order valence-electron chi connectivity index (χ4n) is 3.63. The lowest BCUT2D eigenvalue weighted by atomic mass is 10.1. The molecule has 2 fully saturated rings. The molecule has 2 amide bonds. The minimum atomic E-state index is -0.193. The molecule has 4 rings (SSSR count). The molecule has 2 aliphatic rings. The van der Waals surface area contributed by atoms with Gasteiger partial charge in [0.1, 0.15) is 0 Å². The number of anilines is 1. The van der Waals surface area contributed by atoms with Crippen LogP contribution in [-0.4, -0.2) is 47.3 Å². The zero-order valence-corrected chi connectivity index (χ0v) is 20.5. The number of thiocarbonyl (C=S) groups is 1. The summed E-state index contributed by atoms with van der Waals surface area (Å²) < 4.78 is 12.0. The van der Waals surface area contributed by atoms with Gasteiger partial charge in [-0.25, -0.2) is 0 Å². The molecular formula is C24H23ClN2O4S2. The van der Waals surface area contributed by atoms with Crippen LogP contribution in [0.5, 0.6) is 11.5 Å². The summed E-state index contributed by atoms with van der Waals surface area (Å²) in [5.74, 6) is 0.802. The maximum absolute atomic E-state index is 13.0. The molecule has 0 aliphatic carbocycles. The van der Waals surface area contributed by atoms with Gasteiger partial charge in [0.15, 0.2) is 22.4 Å². The summed E-state index contributed by atoms with van der Waals surface area (Å²) in [5.41, 5.74) is 1.44. The summed E-state index contributed by atoms with van der Waals surface area (Å²) in [6.45, 7) is 3.86. The van der Waals surface area contributed by atoms with Crippen molar-refractivity contribution in [3.05, 3.63) is 58.0 Å². The fraction of sp³-hybridized carbons (Fsp3) is 0.292. The molecule has 0 saturated carbocycles. The highest BCUT2D eigenvalue weighted by Gasteiger charge is 2.33. The third kappa shape index (κ3) is 5.51. The second-order valence-electron chi connectivity index (χ2n) is 7.51. The van der Waals surface area contributed by atoms with Gasteiger partial charge in [-0.15, -0.1) is 0 Å². The van der Waals surface area contributed by atoms with Gasteiger partial charge in [0.2, 0.25) is 0 Å². The Kier molecular flexibility index (Phi) is 7.57. The molecule has 2 aliphatic heterocycles. The second-order valence-corrected chi connectivity index (χ2v) is 9.62. The minimum absolute atomic E-state index is 0.0232. The Morgan fingerprint density at radius 3 is 2.55 bits per heavy atom. The number of carbonyl (C=O) groups is 2. The second kappa shape index (κ2) is 10.6. The highest BCUT2D eigenvalue weighted by atomic mass is 35.5. The molecule has 0 bridgehead atoms. The molecule has 0 aromatic heterocycles. The van der Waals surface area contributed by atoms with Gasteiger partial charge in [0.25, 0.3) is 11.8 Å². The predicted molar refractivity (Wildman–Crippen MR) is 136 cm³/mol. The topological polar surface area (TPSA) is 59.1 Å². The van der Waals surface area contributed by atoms with Crippen molar-refractivity contribution in [3.8, 4) is 11.5 Å². The van der Waals surface area contributed by atoms with Crippen molar-refractivity contribution >= 4 is 63.5 Å². The van der Waals surface area contributed by atoms with Crippen LogP contribution >= 0.6 is 35.6 Å². The van der Waals surface area contributed by atoms with E-state index in [0.29, 0.717) is 38.0 Å². The van der Waals surface area contributed by atoms with Gasteiger partial charge >= 0.3 is 0 Å². The van der Waals surface area contributed by atoms with Gasteiger partial charge in [-0.05, 0) is 67.8 Å². The van der Waals surface area contributed by atoms with E-state index in [9.17, 15) is 9.59 Å². The maximum Gasteiger partial charge on any atom is 0.270 e. The Morgan fingerprint density at radius 2 is 1.85 bits per heavy atom. The SMILES string of the molecule is CCOc1cc(/C=C2/SC(=S)N(c3ccc(Cl)cc3)C2=O)ccc1OCC(=O)N1CCCC1. The number of benzene rings is 2. The van der Waals surface area contributed by atoms with Crippen molar-refractivity contribution in [2.75, 3.05) is 31.2 Å². The zero-order chi connectivity index (χ0) is 23.4. The lowest BCUT2D eigenvalue weighted by molar-refractivity contribution is -0.132. The molecule has 0 spiro atoms. The van der Waals surface area contributed by atoms with Gasteiger partial charge in [0.05, 0.1) is 17.2 Å². The molecular weight excluding hydrogens is 480 g/mol. The lowest BCUT2D eigenvalue weighted by Crippen LogP contribution is -2.32. The number of ether oxygens (including phenoxy) is 2. The van der Waals surface area contributed by atoms with Gasteiger partial charge in [0, 0.05) is 18.1 Å². The molecule has 0 radical (unpaired) electrons. The molecule has 0 unspecified atom stereocenters. The fourth-order valence-corrected chi connectivity index (χ4v) is 5.06. The number of hydrogen-bond donors (Lipinski definition) is 0. The van der Waals surface area contributed by atoms with E-state index < -0.39 is 0 Å². The first-order valence-electron chi connectivity index (χ1n) is 10.7. The number of thioether (sulfide) groups is 1. The average molecular weight is 503 g/mol. The van der Waals surface area contributed by atoms with Crippen molar-refractivity contribution < 1.29 is 19.1 Å². The third-order valence-electron chi connectivity index (χ3n) is 5.25. The quantitative estimate of drug-likeness (QED) is 0.385. The van der Waals surface area contributed by atoms with Crippen LogP contribution in [0.1, 0.15) is 25.3 Å². The van der Waals surface area contributed by atoms with E-state index in [4.69, 9.17) is 33.3 Å². The first-order chi connectivity index (χ1) is 16.0. The molecule has 9 heteroatoms. The van der Waals surface area contributed by atoms with Crippen LogP contribution < -0.4 is 14.4 Å². The van der Waals surface area contributed by atoms with Gasteiger partial charge < -0.3 is 14.4 Å². The van der Waals surface area contributed by atoms with Gasteiger partial charge in [-0.1, -0.05) is 41.6 Å². The summed E-state index contributed by atoms with van der Waals surface area (Å²) in [5, 5.41) is 0.590. The lowest BCUT2D eigenvalue weighted by Gasteiger charge is -2.17. The van der Waals surface area contributed by atoms with E-state index in [-0.39, 0.29) is 18.4 Å². The van der Waals surface area contributed by atoms with E-state index in [0.717, 1.165) is 31.5 Å². The normalized spacial score (nSPS) is 17.2. The summed E-state index contributed by atoms with van der Waals surface area (Å²) in [7, 11) is 0. The molecule has 6 nitrogen and oxygen atoms in total. The van der Waals surface area contributed by atoms with E-state index in [2.05, 4.69) is 0 Å². The zero-order valence-electron chi connectivity index (χ0n) is 18.1. The summed E-state index contributed by atoms with van der Waals surface area (Å²) in [6, 6.07) is 12.4. The van der Waals surface area contributed by atoms with Crippen LogP contribution in [0.4, 0.5) is 5.69 Å². The smallest absolute Gasteiger partial charge is 0.270 e. The Hall–Kier alpha value is -2.55. The summed E-state index contributed by atoms with van der Waals surface area (Å²) in [6.07, 6.45) is 3.85. The molecule has 0 N–H and O–H groups in total. The Bertz CT molecular complexity index is 1100. The number of likely N-dealkylation sites (tertiary alicyclic amines) is 1. The van der Waals surface area contributed by atoms with Crippen LogP contribution in [0.2, 0.25) is 5.02 Å². The monoisotopic (exact) mass is 502 g/mol. The number of carbonyl (C=O) groups excluding carboxylic acids is 2. The van der Waals surface area contributed by atoms with E-state index in [1.54, 1.807) is 42.5 Å². The average Bonchev–Trinajstić information content (AvgIpc) is 3.43. The van der Waals surface area contributed by atoms with Crippen molar-refractivity contribution in [1.82, 2.24) is 4.90 Å². The highest BCUT2D eigenvalue weighted by Crippen LogP contribution is 2.37. The standard InChI is InChI=1S/C24H23ClN2O4S2/c1-2-30-20-13-16(5-10-19(20)31-15-22(28)26-11-3-4-12-26)14-21-23(29)27(24(32)33-21)18-8-6-17(25)7-9-18/h5-10,13-14H,2-4,11-12,15H2,1H3/b21-14+. The van der Waals surface area contributed by atoms with Crippen molar-refractivity contribution in [2.24, 2.45) is 0 Å². The number of halogens is 1. The van der Waals surface area contributed by atoms with Gasteiger partial charge in [-0.2, -0.15) is 0 Å². The Morgan fingerprint density at radius 1 is 1.12 bits per heavy atom. The third-order valence-corrected chi connectivity index (χ3v) is 6.81. The molecule has 2 saturated heterocycles. The number of amides is 2. The Balaban J connectivity index is 1.50.